The molecule has 1 aromatic rings. The van der Waals surface area contributed by atoms with Gasteiger partial charge in [0.05, 0.1) is 0 Å². The molecule has 8 heteroatoms. The lowest BCUT2D eigenvalue weighted by atomic mass is 9.96. The molecule has 6 N–H and O–H groups in total. The van der Waals surface area contributed by atoms with Crippen LogP contribution in [0.4, 0.5) is 10.5 Å². The number of hydrogen-bond donors (Lipinski definition) is 5. The molecule has 0 aromatic heterocycles. The number of carboxylic acids is 2. The lowest BCUT2D eigenvalue weighted by molar-refractivity contribution is -0.139. The first-order valence-corrected chi connectivity index (χ1v) is 7.20. The fourth-order valence-corrected chi connectivity index (χ4v) is 2.04. The van der Waals surface area contributed by atoms with E-state index >= 15 is 0 Å². The Kier molecular flexibility index (Phi) is 7.01. The van der Waals surface area contributed by atoms with Crippen LogP contribution in [0.2, 0.25) is 0 Å². The summed E-state index contributed by atoms with van der Waals surface area (Å²) in [5.41, 5.74) is 7.35. The Labute approximate surface area is 133 Å². The summed E-state index contributed by atoms with van der Waals surface area (Å²) >= 11 is 0. The number of benzene rings is 1. The molecule has 8 nitrogen and oxygen atoms in total. The van der Waals surface area contributed by atoms with E-state index in [0.29, 0.717) is 23.4 Å². The van der Waals surface area contributed by atoms with E-state index in [0.717, 1.165) is 0 Å². The summed E-state index contributed by atoms with van der Waals surface area (Å²) in [7, 11) is 0. The molecule has 0 heterocycles. The van der Waals surface area contributed by atoms with E-state index < -0.39 is 18.0 Å². The van der Waals surface area contributed by atoms with Crippen molar-refractivity contribution in [1.29, 1.82) is 0 Å². The molecule has 23 heavy (non-hydrogen) atoms. The van der Waals surface area contributed by atoms with E-state index in [1.165, 1.54) is 0 Å². The van der Waals surface area contributed by atoms with Crippen molar-refractivity contribution in [3.05, 3.63) is 29.3 Å². The van der Waals surface area contributed by atoms with Gasteiger partial charge < -0.3 is 26.6 Å². The monoisotopic (exact) mass is 323 g/mol. The van der Waals surface area contributed by atoms with Crippen molar-refractivity contribution in [2.75, 3.05) is 11.9 Å². The zero-order valence-electron chi connectivity index (χ0n) is 12.8. The van der Waals surface area contributed by atoms with Crippen LogP contribution < -0.4 is 16.4 Å². The van der Waals surface area contributed by atoms with Gasteiger partial charge >= 0.3 is 18.0 Å². The highest BCUT2D eigenvalue weighted by atomic mass is 16.4. The summed E-state index contributed by atoms with van der Waals surface area (Å²) in [4.78, 5) is 33.2. The molecule has 0 aliphatic carbocycles. The van der Waals surface area contributed by atoms with Crippen molar-refractivity contribution >= 4 is 23.7 Å². The first-order chi connectivity index (χ1) is 10.8. The summed E-state index contributed by atoms with van der Waals surface area (Å²) in [6, 6.07) is 3.49. The maximum absolute atomic E-state index is 11.5. The zero-order chi connectivity index (χ0) is 17.4. The van der Waals surface area contributed by atoms with Crippen LogP contribution in [0.1, 0.15) is 24.5 Å². The molecule has 0 saturated heterocycles. The van der Waals surface area contributed by atoms with Crippen molar-refractivity contribution in [3.8, 4) is 0 Å². The Bertz CT molecular complexity index is 588. The lowest BCUT2D eigenvalue weighted by Crippen LogP contribution is -2.32. The van der Waals surface area contributed by atoms with Crippen molar-refractivity contribution in [3.63, 3.8) is 0 Å². The zero-order valence-corrected chi connectivity index (χ0v) is 12.8. The number of nitrogens with two attached hydrogens (primary N) is 1. The Balaban J connectivity index is 2.97. The number of aryl methyl sites for hydroxylation is 1. The van der Waals surface area contributed by atoms with E-state index in [4.69, 9.17) is 15.9 Å². The molecular formula is C15H21N3O5. The number of nitrogens with one attached hydrogen (secondary N) is 2. The minimum Gasteiger partial charge on any atom is -0.481 e. The topological polar surface area (TPSA) is 142 Å². The molecule has 0 unspecified atom stereocenters. The highest BCUT2D eigenvalue weighted by Gasteiger charge is 2.16. The molecule has 126 valence electrons. The molecule has 0 saturated carbocycles. The Morgan fingerprint density at radius 2 is 1.91 bits per heavy atom. The largest absolute Gasteiger partial charge is 0.481 e. The number of amides is 2. The van der Waals surface area contributed by atoms with E-state index in [9.17, 15) is 14.4 Å². The third kappa shape index (κ3) is 6.35. The highest BCUT2D eigenvalue weighted by molar-refractivity contribution is 5.89. The van der Waals surface area contributed by atoms with Gasteiger partial charge in [-0.2, -0.15) is 0 Å². The maximum atomic E-state index is 11.5. The van der Waals surface area contributed by atoms with Crippen LogP contribution in [0.5, 0.6) is 0 Å². The molecule has 0 fully saturated rings. The number of rotatable bonds is 8. The fourth-order valence-electron chi connectivity index (χ4n) is 2.04. The molecule has 2 amide bonds. The van der Waals surface area contributed by atoms with Crippen molar-refractivity contribution in [2.45, 2.75) is 32.2 Å². The average Bonchev–Trinajstić information content (AvgIpc) is 2.47. The summed E-state index contributed by atoms with van der Waals surface area (Å²) in [5.74, 6) is -2.08. The summed E-state index contributed by atoms with van der Waals surface area (Å²) < 4.78 is 0. The van der Waals surface area contributed by atoms with Gasteiger partial charge in [-0.05, 0) is 43.0 Å². The quantitative estimate of drug-likeness (QED) is 0.479. The molecule has 0 bridgehead atoms. The maximum Gasteiger partial charge on any atom is 0.320 e. The van der Waals surface area contributed by atoms with Crippen LogP contribution in [0.3, 0.4) is 0 Å². The van der Waals surface area contributed by atoms with Crippen LogP contribution >= 0.6 is 0 Å². The number of hydrogen-bond acceptors (Lipinski definition) is 4. The van der Waals surface area contributed by atoms with Crippen molar-refractivity contribution < 1.29 is 24.6 Å². The highest BCUT2D eigenvalue weighted by Crippen LogP contribution is 2.19. The molecular weight excluding hydrogens is 302 g/mol. The molecule has 0 radical (unpaired) electrons. The fraction of sp³-hybridized carbons (Fsp3) is 0.400. The van der Waals surface area contributed by atoms with Gasteiger partial charge in [0.15, 0.2) is 0 Å². The summed E-state index contributed by atoms with van der Waals surface area (Å²) in [6.45, 7) is 2.26. The Morgan fingerprint density at radius 1 is 1.22 bits per heavy atom. The summed E-state index contributed by atoms with van der Waals surface area (Å²) in [5, 5.41) is 22.9. The summed E-state index contributed by atoms with van der Waals surface area (Å²) in [6.07, 6.45) is 0.216. The number of aliphatic carboxylic acids is 2. The first-order valence-electron chi connectivity index (χ1n) is 7.20. The molecule has 1 atom stereocenters. The molecule has 0 aliphatic rings. The third-order valence-corrected chi connectivity index (χ3v) is 3.17. The normalized spacial score (nSPS) is 11.6. The second-order valence-electron chi connectivity index (χ2n) is 5.01. The van der Waals surface area contributed by atoms with E-state index in [1.54, 1.807) is 25.1 Å². The average molecular weight is 323 g/mol. The number of anilines is 1. The number of urea groups is 1. The first kappa shape index (κ1) is 18.4. The molecule has 0 spiro atoms. The standard InChI is InChI=1S/C15H21N3O5/c1-2-17-15(23)18-11-5-3-10(8-12(16)14(21)22)9(7-11)4-6-13(19)20/h3,5,7,12H,2,4,6,8,16H2,1H3,(H,19,20)(H,21,22)(H2,17,18,23)/t12-/m0/s1. The van der Waals surface area contributed by atoms with Gasteiger partial charge in [-0.15, -0.1) is 0 Å². The second kappa shape index (κ2) is 8.74. The van der Waals surface area contributed by atoms with Crippen molar-refractivity contribution in [1.82, 2.24) is 5.32 Å². The predicted octanol–water partition coefficient (Wildman–Crippen LogP) is 0.800. The lowest BCUT2D eigenvalue weighted by Gasteiger charge is -2.14. The number of carboxylic acid groups (broad SMARTS) is 2. The number of carbonyl (C=O) groups is 3. The van der Waals surface area contributed by atoms with E-state index in [1.807, 2.05) is 0 Å². The Hall–Kier alpha value is -2.61. The van der Waals surface area contributed by atoms with Gasteiger partial charge in [0.2, 0.25) is 0 Å². The van der Waals surface area contributed by atoms with Gasteiger partial charge in [0.1, 0.15) is 6.04 Å². The second-order valence-corrected chi connectivity index (χ2v) is 5.01. The molecule has 1 rings (SSSR count). The number of carbonyl (C=O) groups excluding carboxylic acids is 1. The third-order valence-electron chi connectivity index (χ3n) is 3.17. The molecule has 1 aromatic carbocycles. The minimum atomic E-state index is -1.13. The van der Waals surface area contributed by atoms with Crippen LogP contribution in [0, 0.1) is 0 Å². The van der Waals surface area contributed by atoms with Gasteiger partial charge in [-0.1, -0.05) is 6.07 Å². The predicted molar refractivity (Wildman–Crippen MR) is 84.4 cm³/mol. The van der Waals surface area contributed by atoms with Gasteiger partial charge in [0, 0.05) is 18.7 Å². The van der Waals surface area contributed by atoms with Gasteiger partial charge in [0.25, 0.3) is 0 Å². The van der Waals surface area contributed by atoms with Crippen LogP contribution in [-0.2, 0) is 22.4 Å². The van der Waals surface area contributed by atoms with E-state index in [-0.39, 0.29) is 25.3 Å². The van der Waals surface area contributed by atoms with Crippen molar-refractivity contribution in [2.24, 2.45) is 5.73 Å². The van der Waals surface area contributed by atoms with E-state index in [2.05, 4.69) is 10.6 Å². The minimum absolute atomic E-state index is 0.0890. The van der Waals surface area contributed by atoms with Gasteiger partial charge in [-0.25, -0.2) is 4.79 Å². The van der Waals surface area contributed by atoms with Crippen LogP contribution in [0.25, 0.3) is 0 Å². The van der Waals surface area contributed by atoms with Gasteiger partial charge in [-0.3, -0.25) is 9.59 Å². The smallest absolute Gasteiger partial charge is 0.320 e. The van der Waals surface area contributed by atoms with Crippen LogP contribution in [-0.4, -0.2) is 40.8 Å². The van der Waals surface area contributed by atoms with Crippen LogP contribution in [0.15, 0.2) is 18.2 Å². The Morgan fingerprint density at radius 3 is 2.48 bits per heavy atom. The molecule has 0 aliphatic heterocycles. The SMILES string of the molecule is CCNC(=O)Nc1ccc(C[C@H](N)C(=O)O)c(CCC(=O)O)c1.